The Morgan fingerprint density at radius 2 is 1.82 bits per heavy atom. The van der Waals surface area contributed by atoms with Crippen molar-refractivity contribution >= 4 is 17.6 Å². The van der Waals surface area contributed by atoms with E-state index in [4.69, 9.17) is 5.11 Å². The van der Waals surface area contributed by atoms with Crippen molar-refractivity contribution in [1.29, 1.82) is 0 Å². The normalized spacial score (nSPS) is 27.2. The molecule has 1 unspecified atom stereocenters. The third-order valence-corrected chi connectivity index (χ3v) is 4.87. The zero-order valence-electron chi connectivity index (χ0n) is 14.2. The van der Waals surface area contributed by atoms with Crippen molar-refractivity contribution < 1.29 is 41.5 Å². The molecule has 1 aromatic carbocycles. The number of carbonyl (C=O) groups is 2. The molecule has 1 fully saturated rings. The highest BCUT2D eigenvalue weighted by Crippen LogP contribution is 2.42. The van der Waals surface area contributed by atoms with Gasteiger partial charge in [0.05, 0.1) is 18.1 Å². The monoisotopic (exact) mass is 406 g/mol. The molecule has 1 heterocycles. The molecule has 1 saturated carbocycles. The van der Waals surface area contributed by atoms with Crippen LogP contribution in [-0.2, 0) is 14.4 Å². The Balaban J connectivity index is 1.80. The number of carbonyl (C=O) groups excluding carboxylic acids is 1. The topological polar surface area (TPSA) is 88.0 Å². The maximum absolute atomic E-state index is 13.7. The van der Waals surface area contributed by atoms with Crippen LogP contribution in [0, 0.1) is 17.6 Å². The maximum atomic E-state index is 13.7. The second kappa shape index (κ2) is 7.02. The summed E-state index contributed by atoms with van der Waals surface area (Å²) in [5, 5.41) is 14.4. The van der Waals surface area contributed by atoms with Crippen LogP contribution in [0.2, 0.25) is 0 Å². The molecule has 1 aliphatic heterocycles. The average molecular weight is 406 g/mol. The van der Waals surface area contributed by atoms with Crippen molar-refractivity contribution in [3.63, 3.8) is 0 Å². The minimum atomic E-state index is -5.17. The number of oxime groups is 1. The molecule has 0 bridgehead atoms. The number of hydrogen-bond donors (Lipinski definition) is 2. The Bertz CT molecular complexity index is 821. The fraction of sp³-hybridized carbons (Fsp3) is 0.471. The number of halogens is 5. The van der Waals surface area contributed by atoms with Gasteiger partial charge in [-0.25, -0.2) is 8.78 Å². The zero-order valence-corrected chi connectivity index (χ0v) is 14.2. The van der Waals surface area contributed by atoms with Gasteiger partial charge < -0.3 is 15.3 Å². The number of carboxylic acid groups (broad SMARTS) is 1. The molecule has 152 valence electrons. The number of benzene rings is 1. The molecule has 1 amide bonds. The fourth-order valence-corrected chi connectivity index (χ4v) is 3.35. The molecule has 0 aromatic heterocycles. The lowest BCUT2D eigenvalue weighted by Crippen LogP contribution is -2.58. The number of alkyl halides is 3. The van der Waals surface area contributed by atoms with Gasteiger partial charge in [0.1, 0.15) is 11.6 Å². The van der Waals surface area contributed by atoms with Crippen LogP contribution in [0.5, 0.6) is 0 Å². The van der Waals surface area contributed by atoms with Gasteiger partial charge in [0.25, 0.3) is 5.91 Å². The first-order valence-electron chi connectivity index (χ1n) is 8.34. The van der Waals surface area contributed by atoms with E-state index < -0.39 is 59.4 Å². The molecule has 1 aliphatic carbocycles. The van der Waals surface area contributed by atoms with E-state index in [0.29, 0.717) is 6.07 Å². The average Bonchev–Trinajstić information content (AvgIpc) is 3.21. The van der Waals surface area contributed by atoms with Crippen LogP contribution >= 0.6 is 0 Å². The largest absolute Gasteiger partial charge is 0.481 e. The lowest BCUT2D eigenvalue weighted by Gasteiger charge is -2.29. The maximum Gasteiger partial charge on any atom is 0.440 e. The molecule has 0 saturated heterocycles. The van der Waals surface area contributed by atoms with E-state index in [1.54, 1.807) is 0 Å². The standard InChI is InChI=1S/C17H15F5N2O4/c18-10-3-9(4-11(19)6-10)13-7-16(28-24-13,17(20,21)22)15(27)23-12-2-1-8(5-12)14(25)26/h3-4,6,8,12H,1-2,5,7H2,(H,23,27)(H,25,26)/t8-,12?,16+/m0/s1. The first-order chi connectivity index (χ1) is 13.0. The molecule has 0 spiro atoms. The fourth-order valence-electron chi connectivity index (χ4n) is 3.35. The van der Waals surface area contributed by atoms with Crippen molar-refractivity contribution in [1.82, 2.24) is 5.32 Å². The summed E-state index contributed by atoms with van der Waals surface area (Å²) in [5.41, 5.74) is -4.06. The SMILES string of the molecule is O=C(O)[C@H]1CCC(NC(=O)[C@@]2(C(F)(F)F)CC(c3cc(F)cc(F)c3)=NO2)C1. The first-order valence-corrected chi connectivity index (χ1v) is 8.34. The van der Waals surface area contributed by atoms with Gasteiger partial charge in [0.15, 0.2) is 0 Å². The van der Waals surface area contributed by atoms with Gasteiger partial charge in [-0.05, 0) is 31.4 Å². The lowest BCUT2D eigenvalue weighted by molar-refractivity contribution is -0.259. The Hall–Kier alpha value is -2.72. The van der Waals surface area contributed by atoms with Gasteiger partial charge in [-0.15, -0.1) is 0 Å². The van der Waals surface area contributed by atoms with E-state index in [1.807, 2.05) is 0 Å². The summed E-state index contributed by atoms with van der Waals surface area (Å²) in [6, 6.07) is 1.35. The number of aliphatic carboxylic acids is 1. The number of rotatable bonds is 4. The molecule has 11 heteroatoms. The van der Waals surface area contributed by atoms with Crippen LogP contribution in [-0.4, -0.2) is 40.5 Å². The third kappa shape index (κ3) is 3.65. The molecular formula is C17H15F5N2O4. The predicted molar refractivity (Wildman–Crippen MR) is 84.3 cm³/mol. The molecule has 2 aliphatic rings. The zero-order chi connectivity index (χ0) is 20.7. The number of hydrogen-bond acceptors (Lipinski definition) is 4. The van der Waals surface area contributed by atoms with Gasteiger partial charge in [0.2, 0.25) is 0 Å². The highest BCUT2D eigenvalue weighted by molar-refractivity contribution is 6.05. The van der Waals surface area contributed by atoms with Crippen LogP contribution in [0.15, 0.2) is 23.4 Å². The molecule has 0 radical (unpaired) electrons. The van der Waals surface area contributed by atoms with Gasteiger partial charge in [-0.1, -0.05) is 5.16 Å². The highest BCUT2D eigenvalue weighted by Gasteiger charge is 2.66. The summed E-state index contributed by atoms with van der Waals surface area (Å²) in [6.45, 7) is 0. The van der Waals surface area contributed by atoms with E-state index in [9.17, 15) is 31.5 Å². The van der Waals surface area contributed by atoms with E-state index in [2.05, 4.69) is 15.3 Å². The summed E-state index contributed by atoms with van der Waals surface area (Å²) in [6.07, 6.45) is -5.80. The molecular weight excluding hydrogens is 391 g/mol. The number of carboxylic acids is 1. The van der Waals surface area contributed by atoms with Crippen molar-refractivity contribution in [3.05, 3.63) is 35.4 Å². The van der Waals surface area contributed by atoms with Crippen LogP contribution in [0.3, 0.4) is 0 Å². The number of nitrogens with one attached hydrogen (secondary N) is 1. The third-order valence-electron chi connectivity index (χ3n) is 4.87. The second-order valence-electron chi connectivity index (χ2n) is 6.81. The van der Waals surface area contributed by atoms with Crippen LogP contribution < -0.4 is 5.32 Å². The number of amides is 1. The predicted octanol–water partition coefficient (Wildman–Crippen LogP) is 2.76. The summed E-state index contributed by atoms with van der Waals surface area (Å²) in [4.78, 5) is 27.9. The minimum absolute atomic E-state index is 0.00215. The first kappa shape index (κ1) is 20.0. The summed E-state index contributed by atoms with van der Waals surface area (Å²) < 4.78 is 67.8. The van der Waals surface area contributed by atoms with Crippen molar-refractivity contribution in [3.8, 4) is 0 Å². The van der Waals surface area contributed by atoms with Crippen molar-refractivity contribution in [2.75, 3.05) is 0 Å². The smallest absolute Gasteiger partial charge is 0.440 e. The molecule has 2 N–H and O–H groups in total. The van der Waals surface area contributed by atoms with Crippen LogP contribution in [0.25, 0.3) is 0 Å². The second-order valence-corrected chi connectivity index (χ2v) is 6.81. The number of nitrogens with zero attached hydrogens (tertiary/aromatic N) is 1. The van der Waals surface area contributed by atoms with Gasteiger partial charge in [0, 0.05) is 17.7 Å². The Morgan fingerprint density at radius 3 is 2.36 bits per heavy atom. The van der Waals surface area contributed by atoms with Crippen LogP contribution in [0.1, 0.15) is 31.2 Å². The van der Waals surface area contributed by atoms with E-state index in [1.165, 1.54) is 0 Å². The molecule has 3 atom stereocenters. The van der Waals surface area contributed by atoms with Gasteiger partial charge in [-0.2, -0.15) is 13.2 Å². The Morgan fingerprint density at radius 1 is 1.18 bits per heavy atom. The quantitative estimate of drug-likeness (QED) is 0.753. The lowest BCUT2D eigenvalue weighted by atomic mass is 9.92. The van der Waals surface area contributed by atoms with Gasteiger partial charge >= 0.3 is 17.7 Å². The van der Waals surface area contributed by atoms with Crippen LogP contribution in [0.4, 0.5) is 22.0 Å². The summed E-state index contributed by atoms with van der Waals surface area (Å²) in [7, 11) is 0. The van der Waals surface area contributed by atoms with E-state index in [-0.39, 0.29) is 24.8 Å². The van der Waals surface area contributed by atoms with E-state index in [0.717, 1.165) is 12.1 Å². The Kier molecular flexibility index (Phi) is 5.02. The molecule has 3 rings (SSSR count). The Labute approximate surface area is 155 Å². The molecule has 1 aromatic rings. The minimum Gasteiger partial charge on any atom is -0.481 e. The van der Waals surface area contributed by atoms with Gasteiger partial charge in [-0.3, -0.25) is 9.59 Å². The summed E-state index contributed by atoms with van der Waals surface area (Å²) in [5.74, 6) is -5.39. The molecule has 6 nitrogen and oxygen atoms in total. The highest BCUT2D eigenvalue weighted by atomic mass is 19.4. The van der Waals surface area contributed by atoms with Crippen molar-refractivity contribution in [2.24, 2.45) is 11.1 Å². The van der Waals surface area contributed by atoms with E-state index >= 15 is 0 Å². The summed E-state index contributed by atoms with van der Waals surface area (Å²) >= 11 is 0. The van der Waals surface area contributed by atoms with Crippen molar-refractivity contribution in [2.45, 2.75) is 43.5 Å². The molecule has 28 heavy (non-hydrogen) atoms.